The minimum Gasteiger partial charge on any atom is -0.314 e. The van der Waals surface area contributed by atoms with Gasteiger partial charge in [0.05, 0.1) is 16.7 Å². The third-order valence-electron chi connectivity index (χ3n) is 3.50. The Morgan fingerprint density at radius 1 is 1.59 bits per heavy atom. The van der Waals surface area contributed by atoms with E-state index in [1.54, 1.807) is 11.3 Å². The van der Waals surface area contributed by atoms with Gasteiger partial charge in [-0.25, -0.2) is 4.98 Å². The molecule has 0 aliphatic carbocycles. The summed E-state index contributed by atoms with van der Waals surface area (Å²) in [6.07, 6.45) is 1.28. The molecule has 1 saturated heterocycles. The average Bonchev–Trinajstić information content (AvgIpc) is 2.82. The van der Waals surface area contributed by atoms with Gasteiger partial charge in [0.25, 0.3) is 0 Å². The van der Waals surface area contributed by atoms with Crippen LogP contribution < -0.4 is 5.32 Å². The largest absolute Gasteiger partial charge is 0.314 e. The summed E-state index contributed by atoms with van der Waals surface area (Å²) in [5.41, 5.74) is 1.27. The van der Waals surface area contributed by atoms with Crippen molar-refractivity contribution in [2.45, 2.75) is 39.3 Å². The third kappa shape index (κ3) is 3.06. The number of aromatic nitrogens is 1. The molecule has 0 saturated carbocycles. The number of nitrogens with zero attached hydrogens (tertiary/aromatic N) is 2. The Kier molecular flexibility index (Phi) is 4.17. The topological polar surface area (TPSA) is 28.2 Å². The first kappa shape index (κ1) is 13.0. The van der Waals surface area contributed by atoms with Crippen molar-refractivity contribution in [1.82, 2.24) is 15.2 Å². The average molecular weight is 253 g/mol. The Morgan fingerprint density at radius 3 is 2.94 bits per heavy atom. The molecule has 0 amide bonds. The van der Waals surface area contributed by atoms with E-state index in [-0.39, 0.29) is 0 Å². The molecule has 1 aliphatic heterocycles. The van der Waals surface area contributed by atoms with Crippen molar-refractivity contribution in [3.05, 3.63) is 16.1 Å². The van der Waals surface area contributed by atoms with Gasteiger partial charge in [-0.05, 0) is 32.9 Å². The molecular weight excluding hydrogens is 230 g/mol. The van der Waals surface area contributed by atoms with Crippen LogP contribution in [0, 0.1) is 12.8 Å². The predicted octanol–water partition coefficient (Wildman–Crippen LogP) is 2.44. The number of nitrogens with one attached hydrogen (secondary N) is 1. The highest BCUT2D eigenvalue weighted by molar-refractivity contribution is 7.09. The maximum absolute atomic E-state index is 4.67. The van der Waals surface area contributed by atoms with E-state index in [0.29, 0.717) is 18.0 Å². The van der Waals surface area contributed by atoms with Crippen LogP contribution in [0.15, 0.2) is 5.38 Å². The van der Waals surface area contributed by atoms with Crippen molar-refractivity contribution in [3.63, 3.8) is 0 Å². The molecule has 0 spiro atoms. The van der Waals surface area contributed by atoms with Crippen LogP contribution in [0.4, 0.5) is 0 Å². The number of rotatable bonds is 4. The maximum atomic E-state index is 4.67. The minimum atomic E-state index is 0.506. The Hall–Kier alpha value is -0.450. The highest BCUT2D eigenvalue weighted by Gasteiger charge is 2.34. The first-order chi connectivity index (χ1) is 8.08. The molecule has 17 heavy (non-hydrogen) atoms. The third-order valence-corrected chi connectivity index (χ3v) is 4.29. The molecule has 0 bridgehead atoms. The van der Waals surface area contributed by atoms with Gasteiger partial charge in [-0.2, -0.15) is 0 Å². The highest BCUT2D eigenvalue weighted by atomic mass is 32.1. The van der Waals surface area contributed by atoms with Gasteiger partial charge in [0.1, 0.15) is 0 Å². The standard InChI is InChI=1S/C13H23N3S/c1-9(2)14-7-11-5-6-16(4)13(11)12-8-17-10(3)15-12/h8-9,11,13-14H,5-7H2,1-4H3. The van der Waals surface area contributed by atoms with E-state index in [2.05, 4.69) is 48.4 Å². The summed E-state index contributed by atoms with van der Waals surface area (Å²) in [4.78, 5) is 7.12. The van der Waals surface area contributed by atoms with Gasteiger partial charge in [-0.1, -0.05) is 13.8 Å². The quantitative estimate of drug-likeness (QED) is 0.893. The first-order valence-electron chi connectivity index (χ1n) is 6.43. The summed E-state index contributed by atoms with van der Waals surface area (Å²) in [7, 11) is 2.22. The van der Waals surface area contributed by atoms with Crippen LogP contribution in [0.1, 0.15) is 37.0 Å². The second-order valence-corrected chi connectivity index (χ2v) is 6.39. The van der Waals surface area contributed by atoms with Gasteiger partial charge in [-0.15, -0.1) is 11.3 Å². The molecule has 3 nitrogen and oxygen atoms in total. The summed E-state index contributed by atoms with van der Waals surface area (Å²) in [6, 6.07) is 1.07. The maximum Gasteiger partial charge on any atom is 0.0898 e. The highest BCUT2D eigenvalue weighted by Crippen LogP contribution is 2.35. The number of likely N-dealkylation sites (tertiary alicyclic amines) is 1. The molecule has 1 aliphatic rings. The predicted molar refractivity (Wildman–Crippen MR) is 73.5 cm³/mol. The van der Waals surface area contributed by atoms with Gasteiger partial charge < -0.3 is 5.32 Å². The van der Waals surface area contributed by atoms with Gasteiger partial charge in [0.15, 0.2) is 0 Å². The molecular formula is C13H23N3S. The van der Waals surface area contributed by atoms with Gasteiger partial charge in [0, 0.05) is 18.0 Å². The number of hydrogen-bond acceptors (Lipinski definition) is 4. The number of aryl methyl sites for hydroxylation is 1. The van der Waals surface area contributed by atoms with Gasteiger partial charge in [-0.3, -0.25) is 4.90 Å². The zero-order valence-corrected chi connectivity index (χ0v) is 12.0. The Balaban J connectivity index is 2.06. The number of thiazole rings is 1. The molecule has 1 fully saturated rings. The van der Waals surface area contributed by atoms with Crippen molar-refractivity contribution in [2.75, 3.05) is 20.1 Å². The Bertz CT molecular complexity index is 361. The fourth-order valence-electron chi connectivity index (χ4n) is 2.61. The summed E-state index contributed by atoms with van der Waals surface area (Å²) in [5.74, 6) is 0.698. The lowest BCUT2D eigenvalue weighted by Gasteiger charge is -2.24. The molecule has 0 aromatic carbocycles. The normalized spacial score (nSPS) is 25.9. The van der Waals surface area contributed by atoms with Crippen molar-refractivity contribution < 1.29 is 0 Å². The van der Waals surface area contributed by atoms with E-state index < -0.39 is 0 Å². The zero-order valence-electron chi connectivity index (χ0n) is 11.2. The van der Waals surface area contributed by atoms with Crippen LogP contribution in [0.25, 0.3) is 0 Å². The van der Waals surface area contributed by atoms with Crippen molar-refractivity contribution >= 4 is 11.3 Å². The molecule has 1 aromatic heterocycles. The van der Waals surface area contributed by atoms with Gasteiger partial charge >= 0.3 is 0 Å². The second kappa shape index (κ2) is 5.46. The second-order valence-electron chi connectivity index (χ2n) is 5.33. The SMILES string of the molecule is Cc1nc(C2C(CNC(C)C)CCN2C)cs1. The van der Waals surface area contributed by atoms with E-state index in [9.17, 15) is 0 Å². The molecule has 1 N–H and O–H groups in total. The molecule has 0 radical (unpaired) electrons. The van der Waals surface area contributed by atoms with Crippen LogP contribution in [-0.2, 0) is 0 Å². The van der Waals surface area contributed by atoms with E-state index in [4.69, 9.17) is 0 Å². The monoisotopic (exact) mass is 253 g/mol. The molecule has 2 unspecified atom stereocenters. The minimum absolute atomic E-state index is 0.506. The molecule has 2 heterocycles. The number of hydrogen-bond donors (Lipinski definition) is 1. The molecule has 96 valence electrons. The van der Waals surface area contributed by atoms with E-state index >= 15 is 0 Å². The Morgan fingerprint density at radius 2 is 2.35 bits per heavy atom. The van der Waals surface area contributed by atoms with Crippen molar-refractivity contribution in [1.29, 1.82) is 0 Å². The van der Waals surface area contributed by atoms with Crippen LogP contribution in [0.5, 0.6) is 0 Å². The van der Waals surface area contributed by atoms with E-state index in [1.807, 2.05) is 0 Å². The van der Waals surface area contributed by atoms with Crippen LogP contribution in [-0.4, -0.2) is 36.1 Å². The molecule has 2 atom stereocenters. The van der Waals surface area contributed by atoms with Crippen molar-refractivity contribution in [2.24, 2.45) is 5.92 Å². The molecule has 4 heteroatoms. The molecule has 1 aromatic rings. The van der Waals surface area contributed by atoms with Gasteiger partial charge in [0.2, 0.25) is 0 Å². The fourth-order valence-corrected chi connectivity index (χ4v) is 3.25. The lowest BCUT2D eigenvalue weighted by atomic mass is 9.98. The first-order valence-corrected chi connectivity index (χ1v) is 7.31. The van der Waals surface area contributed by atoms with Crippen LogP contribution in [0.3, 0.4) is 0 Å². The Labute approximate surface area is 108 Å². The summed E-state index contributed by atoms with van der Waals surface area (Å²) >= 11 is 1.76. The van der Waals surface area contributed by atoms with E-state index in [0.717, 1.165) is 6.54 Å². The zero-order chi connectivity index (χ0) is 12.4. The lowest BCUT2D eigenvalue weighted by molar-refractivity contribution is 0.265. The van der Waals surface area contributed by atoms with E-state index in [1.165, 1.54) is 23.7 Å². The van der Waals surface area contributed by atoms with Crippen LogP contribution >= 0.6 is 11.3 Å². The van der Waals surface area contributed by atoms with Crippen molar-refractivity contribution in [3.8, 4) is 0 Å². The lowest BCUT2D eigenvalue weighted by Crippen LogP contribution is -2.32. The molecule has 2 rings (SSSR count). The smallest absolute Gasteiger partial charge is 0.0898 e. The van der Waals surface area contributed by atoms with Crippen LogP contribution in [0.2, 0.25) is 0 Å². The summed E-state index contributed by atoms with van der Waals surface area (Å²) in [6.45, 7) is 8.79. The summed E-state index contributed by atoms with van der Waals surface area (Å²) in [5, 5.41) is 6.97. The fraction of sp³-hybridized carbons (Fsp3) is 0.769. The summed E-state index contributed by atoms with van der Waals surface area (Å²) < 4.78 is 0.